The molecular weight excluding hydrogens is 351 g/mol. The number of nitrogens with one attached hydrogen (secondary N) is 1. The highest BCUT2D eigenvalue weighted by molar-refractivity contribution is 8.00. The Kier molecular flexibility index (Phi) is 6.23. The van der Waals surface area contributed by atoms with Crippen LogP contribution in [0.4, 0.5) is 0 Å². The zero-order chi connectivity index (χ0) is 15.5. The zero-order valence-electron chi connectivity index (χ0n) is 11.4. The number of sulfonamides is 1. The summed E-state index contributed by atoms with van der Waals surface area (Å²) in [5.74, 6) is 1.09. The fourth-order valence-electron chi connectivity index (χ4n) is 2.18. The summed E-state index contributed by atoms with van der Waals surface area (Å²) in [5.41, 5.74) is 6.12. The molecule has 0 radical (unpaired) electrons. The van der Waals surface area contributed by atoms with Gasteiger partial charge in [-0.25, -0.2) is 13.1 Å². The second-order valence-corrected chi connectivity index (χ2v) is 8.88. The van der Waals surface area contributed by atoms with Crippen LogP contribution < -0.4 is 10.5 Å². The van der Waals surface area contributed by atoms with Gasteiger partial charge in [0, 0.05) is 23.4 Å². The second kappa shape index (κ2) is 7.53. The van der Waals surface area contributed by atoms with E-state index in [9.17, 15) is 8.42 Å². The third kappa shape index (κ3) is 4.50. The van der Waals surface area contributed by atoms with Crippen molar-refractivity contribution in [3.63, 3.8) is 0 Å². The van der Waals surface area contributed by atoms with Crippen LogP contribution in [0.5, 0.6) is 0 Å². The summed E-state index contributed by atoms with van der Waals surface area (Å²) in [6.07, 6.45) is 3.39. The summed E-state index contributed by atoms with van der Waals surface area (Å²) >= 11 is 13.8. The van der Waals surface area contributed by atoms with Crippen molar-refractivity contribution in [3.05, 3.63) is 27.7 Å². The van der Waals surface area contributed by atoms with Crippen LogP contribution in [0.15, 0.2) is 17.0 Å². The van der Waals surface area contributed by atoms with Gasteiger partial charge < -0.3 is 5.73 Å². The van der Waals surface area contributed by atoms with E-state index in [2.05, 4.69) is 4.72 Å². The molecule has 3 N–H and O–H groups in total. The van der Waals surface area contributed by atoms with E-state index in [1.807, 2.05) is 11.8 Å². The van der Waals surface area contributed by atoms with Crippen molar-refractivity contribution in [1.29, 1.82) is 0 Å². The zero-order valence-corrected chi connectivity index (χ0v) is 14.6. The summed E-state index contributed by atoms with van der Waals surface area (Å²) in [7, 11) is -3.65. The molecule has 8 heteroatoms. The van der Waals surface area contributed by atoms with Crippen LogP contribution in [0.2, 0.25) is 10.0 Å². The Hall–Kier alpha value is 0.0200. The highest BCUT2D eigenvalue weighted by atomic mass is 35.5. The number of nitrogens with two attached hydrogens (primary N) is 1. The van der Waals surface area contributed by atoms with Crippen molar-refractivity contribution in [2.24, 2.45) is 5.73 Å². The minimum absolute atomic E-state index is 0.0369. The van der Waals surface area contributed by atoms with Crippen molar-refractivity contribution in [1.82, 2.24) is 4.72 Å². The lowest BCUT2D eigenvalue weighted by atomic mass is 10.2. The summed E-state index contributed by atoms with van der Waals surface area (Å²) in [6, 6.07) is 2.87. The molecule has 0 amide bonds. The van der Waals surface area contributed by atoms with E-state index in [1.165, 1.54) is 18.6 Å². The van der Waals surface area contributed by atoms with Crippen LogP contribution in [-0.2, 0) is 16.6 Å². The quantitative estimate of drug-likeness (QED) is 0.837. The number of benzene rings is 1. The van der Waals surface area contributed by atoms with Crippen molar-refractivity contribution in [2.45, 2.75) is 36.0 Å². The molecule has 1 aliphatic heterocycles. The van der Waals surface area contributed by atoms with Crippen LogP contribution in [0.25, 0.3) is 0 Å². The lowest BCUT2D eigenvalue weighted by molar-refractivity contribution is 0.573. The molecule has 0 saturated carbocycles. The summed E-state index contributed by atoms with van der Waals surface area (Å²) in [5, 5.41) is 0.818. The Morgan fingerprint density at radius 2 is 2.05 bits per heavy atom. The van der Waals surface area contributed by atoms with Gasteiger partial charge in [-0.3, -0.25) is 0 Å². The Labute approximate surface area is 139 Å². The highest BCUT2D eigenvalue weighted by Crippen LogP contribution is 2.29. The van der Waals surface area contributed by atoms with Gasteiger partial charge in [-0.1, -0.05) is 29.6 Å². The lowest BCUT2D eigenvalue weighted by Crippen LogP contribution is -2.32. The Balaban J connectivity index is 2.15. The minimum Gasteiger partial charge on any atom is -0.326 e. The lowest BCUT2D eigenvalue weighted by Gasteiger charge is -2.21. The largest absolute Gasteiger partial charge is 0.326 e. The standard InChI is InChI=1S/C13H18Cl2N2O2S2/c14-11-6-12(15)13(5-9(11)7-16)21(18,19)17-8-10-3-1-2-4-20-10/h5-6,10,17H,1-4,7-8,16H2. The van der Waals surface area contributed by atoms with Crippen molar-refractivity contribution >= 4 is 45.0 Å². The Bertz CT molecular complexity index is 602. The first-order valence-electron chi connectivity index (χ1n) is 6.73. The first-order chi connectivity index (χ1) is 9.94. The van der Waals surface area contributed by atoms with Gasteiger partial charge in [0.2, 0.25) is 10.0 Å². The van der Waals surface area contributed by atoms with E-state index in [0.29, 0.717) is 22.4 Å². The molecule has 1 aliphatic rings. The average Bonchev–Trinajstić information content (AvgIpc) is 2.46. The monoisotopic (exact) mass is 368 g/mol. The van der Waals surface area contributed by atoms with Gasteiger partial charge in [0.1, 0.15) is 4.90 Å². The molecule has 2 rings (SSSR count). The molecule has 1 aromatic rings. The predicted molar refractivity (Wildman–Crippen MR) is 89.6 cm³/mol. The van der Waals surface area contributed by atoms with E-state index >= 15 is 0 Å². The predicted octanol–water partition coefficient (Wildman–Crippen LogP) is 3.02. The van der Waals surface area contributed by atoms with Crippen LogP contribution >= 0.6 is 35.0 Å². The van der Waals surface area contributed by atoms with Crippen LogP contribution in [-0.4, -0.2) is 26.0 Å². The molecule has 1 heterocycles. The van der Waals surface area contributed by atoms with Crippen LogP contribution in [0.1, 0.15) is 24.8 Å². The highest BCUT2D eigenvalue weighted by Gasteiger charge is 2.22. The molecule has 1 unspecified atom stereocenters. The number of thioether (sulfide) groups is 1. The van der Waals surface area contributed by atoms with Gasteiger partial charge in [0.25, 0.3) is 0 Å². The fraction of sp³-hybridized carbons (Fsp3) is 0.538. The van der Waals surface area contributed by atoms with Crippen molar-refractivity contribution < 1.29 is 8.42 Å². The molecule has 1 atom stereocenters. The smallest absolute Gasteiger partial charge is 0.242 e. The minimum atomic E-state index is -3.65. The van der Waals surface area contributed by atoms with Gasteiger partial charge >= 0.3 is 0 Å². The maximum Gasteiger partial charge on any atom is 0.242 e. The molecule has 0 bridgehead atoms. The number of hydrogen-bond acceptors (Lipinski definition) is 4. The van der Waals surface area contributed by atoms with Crippen molar-refractivity contribution in [2.75, 3.05) is 12.3 Å². The van der Waals surface area contributed by atoms with Crippen molar-refractivity contribution in [3.8, 4) is 0 Å². The first-order valence-corrected chi connectivity index (χ1v) is 10.0. The van der Waals surface area contributed by atoms with E-state index < -0.39 is 10.0 Å². The fourth-order valence-corrected chi connectivity index (χ4v) is 5.48. The van der Waals surface area contributed by atoms with Gasteiger partial charge in [0.05, 0.1) is 5.02 Å². The molecule has 1 aromatic carbocycles. The van der Waals surface area contributed by atoms with Gasteiger partial charge in [-0.15, -0.1) is 0 Å². The maximum absolute atomic E-state index is 12.4. The molecule has 21 heavy (non-hydrogen) atoms. The number of hydrogen-bond donors (Lipinski definition) is 2. The summed E-state index contributed by atoms with van der Waals surface area (Å²) in [4.78, 5) is 0.0369. The Morgan fingerprint density at radius 3 is 2.67 bits per heavy atom. The molecule has 0 spiro atoms. The molecule has 118 valence electrons. The Morgan fingerprint density at radius 1 is 1.29 bits per heavy atom. The molecule has 1 fully saturated rings. The maximum atomic E-state index is 12.4. The van der Waals surface area contributed by atoms with Gasteiger partial charge in [-0.05, 0) is 36.3 Å². The van der Waals surface area contributed by atoms with Gasteiger partial charge in [0.15, 0.2) is 0 Å². The molecule has 1 saturated heterocycles. The topological polar surface area (TPSA) is 72.2 Å². The van der Waals surface area contributed by atoms with E-state index in [4.69, 9.17) is 28.9 Å². The molecule has 4 nitrogen and oxygen atoms in total. The third-order valence-electron chi connectivity index (χ3n) is 3.39. The first kappa shape index (κ1) is 17.4. The van der Waals surface area contributed by atoms with E-state index in [0.717, 1.165) is 18.6 Å². The molecule has 0 aliphatic carbocycles. The van der Waals surface area contributed by atoms with E-state index in [1.54, 1.807) is 0 Å². The molecule has 0 aromatic heterocycles. The third-order valence-corrected chi connectivity index (χ3v) is 7.02. The number of halogens is 2. The number of rotatable bonds is 5. The second-order valence-electron chi connectivity index (χ2n) is 4.92. The van der Waals surface area contributed by atoms with Crippen LogP contribution in [0, 0.1) is 0 Å². The average molecular weight is 369 g/mol. The van der Waals surface area contributed by atoms with Crippen LogP contribution in [0.3, 0.4) is 0 Å². The SMILES string of the molecule is NCc1cc(S(=O)(=O)NCC2CCCCS2)c(Cl)cc1Cl. The van der Waals surface area contributed by atoms with Gasteiger partial charge in [-0.2, -0.15) is 11.8 Å². The van der Waals surface area contributed by atoms with E-state index in [-0.39, 0.29) is 16.5 Å². The summed E-state index contributed by atoms with van der Waals surface area (Å²) in [6.45, 7) is 0.584. The summed E-state index contributed by atoms with van der Waals surface area (Å²) < 4.78 is 27.4. The molecular formula is C13H18Cl2N2O2S2. The normalized spacial score (nSPS) is 19.7.